The van der Waals surface area contributed by atoms with Gasteiger partial charge in [-0.2, -0.15) is 0 Å². The summed E-state index contributed by atoms with van der Waals surface area (Å²) in [5, 5.41) is 10.7. The zero-order chi connectivity index (χ0) is 22.0. The molecule has 6 nitrogen and oxygen atoms in total. The smallest absolute Gasteiger partial charge is 0.341 e. The summed E-state index contributed by atoms with van der Waals surface area (Å²) in [6.07, 6.45) is 2.12. The van der Waals surface area contributed by atoms with Crippen molar-refractivity contribution in [3.05, 3.63) is 59.7 Å². The molecule has 0 radical (unpaired) electrons. The molecule has 4 rings (SSSR count). The number of carbonyl (C=O) groups is 2. The van der Waals surface area contributed by atoms with Crippen LogP contribution in [0.1, 0.15) is 33.6 Å². The number of aliphatic hydroxyl groups is 1. The lowest BCUT2D eigenvalue weighted by Gasteiger charge is -2.35. The van der Waals surface area contributed by atoms with Gasteiger partial charge < -0.3 is 19.5 Å². The summed E-state index contributed by atoms with van der Waals surface area (Å²) < 4.78 is 10.9. The lowest BCUT2D eigenvalue weighted by atomic mass is 9.78. The molecule has 2 aliphatic rings. The third-order valence-electron chi connectivity index (χ3n) is 6.26. The zero-order valence-corrected chi connectivity index (χ0v) is 18.5. The van der Waals surface area contributed by atoms with Crippen LogP contribution in [0.2, 0.25) is 0 Å². The van der Waals surface area contributed by atoms with E-state index >= 15 is 0 Å². The molecule has 0 aromatic heterocycles. The van der Waals surface area contributed by atoms with Crippen molar-refractivity contribution >= 4 is 23.6 Å². The maximum atomic E-state index is 13.0. The van der Waals surface area contributed by atoms with Gasteiger partial charge in [-0.15, -0.1) is 11.8 Å². The summed E-state index contributed by atoms with van der Waals surface area (Å²) in [5.41, 5.74) is 1.04. The minimum absolute atomic E-state index is 0.0355. The van der Waals surface area contributed by atoms with E-state index in [4.69, 9.17) is 9.47 Å². The summed E-state index contributed by atoms with van der Waals surface area (Å²) in [4.78, 5) is 28.0. The van der Waals surface area contributed by atoms with Gasteiger partial charge in [-0.25, -0.2) is 4.79 Å². The SMILES string of the molecule is COC(=O)c1ccccc1O[C@@H]1C[C@@H]2CN(C(=O)c3cccc(SC)c3)C[C@@H]2C[C@H]1O. The van der Waals surface area contributed by atoms with E-state index < -0.39 is 18.2 Å². The maximum Gasteiger partial charge on any atom is 0.341 e. The van der Waals surface area contributed by atoms with Gasteiger partial charge in [0.25, 0.3) is 5.91 Å². The van der Waals surface area contributed by atoms with E-state index in [0.29, 0.717) is 42.8 Å². The number of aliphatic hydroxyl groups excluding tert-OH is 1. The van der Waals surface area contributed by atoms with Crippen LogP contribution >= 0.6 is 11.8 Å². The van der Waals surface area contributed by atoms with Crippen molar-refractivity contribution in [2.24, 2.45) is 11.8 Å². The molecule has 0 bridgehead atoms. The number of para-hydroxylation sites is 1. The number of methoxy groups -OCH3 is 1. The van der Waals surface area contributed by atoms with Gasteiger partial charge in [0.05, 0.1) is 13.2 Å². The monoisotopic (exact) mass is 441 g/mol. The summed E-state index contributed by atoms with van der Waals surface area (Å²) >= 11 is 1.62. The van der Waals surface area contributed by atoms with E-state index in [-0.39, 0.29) is 17.7 Å². The summed E-state index contributed by atoms with van der Waals surface area (Å²) in [7, 11) is 1.33. The number of likely N-dealkylation sites (tertiary alicyclic amines) is 1. The van der Waals surface area contributed by atoms with Crippen LogP contribution in [0.4, 0.5) is 0 Å². The van der Waals surface area contributed by atoms with Gasteiger partial charge in [0.2, 0.25) is 0 Å². The molecule has 1 saturated heterocycles. The molecular weight excluding hydrogens is 414 g/mol. The molecule has 2 aromatic carbocycles. The molecule has 1 saturated carbocycles. The molecule has 1 aliphatic carbocycles. The molecule has 1 amide bonds. The number of ether oxygens (including phenoxy) is 2. The van der Waals surface area contributed by atoms with Gasteiger partial charge in [0, 0.05) is 23.5 Å². The van der Waals surface area contributed by atoms with Crippen molar-refractivity contribution in [3.8, 4) is 5.75 Å². The molecule has 1 heterocycles. The molecule has 2 fully saturated rings. The fraction of sp³-hybridized carbons (Fsp3) is 0.417. The first-order valence-electron chi connectivity index (χ1n) is 10.5. The molecule has 0 spiro atoms. The van der Waals surface area contributed by atoms with Gasteiger partial charge in [-0.05, 0) is 61.3 Å². The lowest BCUT2D eigenvalue weighted by Crippen LogP contribution is -2.42. The second kappa shape index (κ2) is 9.32. The van der Waals surface area contributed by atoms with Gasteiger partial charge in [0.1, 0.15) is 17.4 Å². The Bertz CT molecular complexity index is 964. The Hall–Kier alpha value is -2.51. The highest BCUT2D eigenvalue weighted by molar-refractivity contribution is 7.98. The Morgan fingerprint density at radius 1 is 1.06 bits per heavy atom. The highest BCUT2D eigenvalue weighted by Crippen LogP contribution is 2.39. The topological polar surface area (TPSA) is 76.1 Å². The third-order valence-corrected chi connectivity index (χ3v) is 6.98. The van der Waals surface area contributed by atoms with E-state index in [1.165, 1.54) is 7.11 Å². The van der Waals surface area contributed by atoms with Crippen LogP contribution < -0.4 is 4.74 Å². The van der Waals surface area contributed by atoms with E-state index in [9.17, 15) is 14.7 Å². The Morgan fingerprint density at radius 2 is 1.81 bits per heavy atom. The first kappa shape index (κ1) is 21.7. The zero-order valence-electron chi connectivity index (χ0n) is 17.7. The van der Waals surface area contributed by atoms with Crippen molar-refractivity contribution in [2.75, 3.05) is 26.5 Å². The van der Waals surface area contributed by atoms with Crippen LogP contribution in [0, 0.1) is 11.8 Å². The van der Waals surface area contributed by atoms with Gasteiger partial charge in [0.15, 0.2) is 0 Å². The first-order chi connectivity index (χ1) is 15.0. The molecular formula is C24H27NO5S. The van der Waals surface area contributed by atoms with Crippen LogP contribution in [-0.2, 0) is 4.74 Å². The Morgan fingerprint density at radius 3 is 2.55 bits per heavy atom. The molecule has 1 aliphatic heterocycles. The Kier molecular flexibility index (Phi) is 6.53. The standard InChI is InChI=1S/C24H27NO5S/c1-29-24(28)19-8-3-4-9-21(19)30-22-12-17-14-25(13-16(17)11-20(22)26)23(27)15-6-5-7-18(10-15)31-2/h3-10,16-17,20,22,26H,11-14H2,1-2H3/t16-,17+,20+,22+/m0/s1. The van der Waals surface area contributed by atoms with Crippen molar-refractivity contribution < 1.29 is 24.2 Å². The minimum atomic E-state index is -0.651. The number of benzene rings is 2. The number of fused-ring (bicyclic) bond motifs is 1. The summed E-state index contributed by atoms with van der Waals surface area (Å²) in [6, 6.07) is 14.6. The minimum Gasteiger partial charge on any atom is -0.487 e. The van der Waals surface area contributed by atoms with Crippen molar-refractivity contribution in [2.45, 2.75) is 29.9 Å². The number of rotatable bonds is 5. The third kappa shape index (κ3) is 4.57. The number of carbonyl (C=O) groups excluding carboxylic acids is 2. The van der Waals surface area contributed by atoms with Crippen molar-refractivity contribution in [1.29, 1.82) is 0 Å². The normalized spacial score (nSPS) is 25.1. The summed E-state index contributed by atoms with van der Waals surface area (Å²) in [5.74, 6) is 0.485. The Balaban J connectivity index is 1.45. The first-order valence-corrected chi connectivity index (χ1v) is 11.7. The second-order valence-electron chi connectivity index (χ2n) is 8.15. The van der Waals surface area contributed by atoms with E-state index in [0.717, 1.165) is 4.90 Å². The van der Waals surface area contributed by atoms with Crippen LogP contribution in [0.15, 0.2) is 53.4 Å². The number of thioether (sulfide) groups is 1. The number of hydrogen-bond acceptors (Lipinski definition) is 6. The van der Waals surface area contributed by atoms with E-state index in [1.54, 1.807) is 36.0 Å². The largest absolute Gasteiger partial charge is 0.487 e. The number of esters is 1. The number of hydrogen-bond donors (Lipinski definition) is 1. The quantitative estimate of drug-likeness (QED) is 0.566. The van der Waals surface area contributed by atoms with E-state index in [1.807, 2.05) is 35.4 Å². The second-order valence-corrected chi connectivity index (χ2v) is 9.02. The highest BCUT2D eigenvalue weighted by atomic mass is 32.2. The summed E-state index contributed by atoms with van der Waals surface area (Å²) in [6.45, 7) is 1.30. The van der Waals surface area contributed by atoms with Crippen LogP contribution in [0.3, 0.4) is 0 Å². The number of amides is 1. The van der Waals surface area contributed by atoms with Gasteiger partial charge in [-0.1, -0.05) is 18.2 Å². The molecule has 2 aromatic rings. The maximum absolute atomic E-state index is 13.0. The van der Waals surface area contributed by atoms with E-state index in [2.05, 4.69) is 0 Å². The van der Waals surface area contributed by atoms with Crippen molar-refractivity contribution in [1.82, 2.24) is 4.90 Å². The molecule has 7 heteroatoms. The molecule has 164 valence electrons. The predicted octanol–water partition coefficient (Wildman–Crippen LogP) is 3.49. The van der Waals surface area contributed by atoms with Crippen LogP contribution in [0.25, 0.3) is 0 Å². The number of nitrogens with zero attached hydrogens (tertiary/aromatic N) is 1. The van der Waals surface area contributed by atoms with Crippen LogP contribution in [0.5, 0.6) is 5.75 Å². The Labute approximate surface area is 186 Å². The molecule has 31 heavy (non-hydrogen) atoms. The van der Waals surface area contributed by atoms with Gasteiger partial charge >= 0.3 is 5.97 Å². The molecule has 1 N–H and O–H groups in total. The fourth-order valence-electron chi connectivity index (χ4n) is 4.63. The van der Waals surface area contributed by atoms with Crippen molar-refractivity contribution in [3.63, 3.8) is 0 Å². The highest BCUT2D eigenvalue weighted by Gasteiger charge is 2.44. The molecule has 0 unspecified atom stereocenters. The average molecular weight is 442 g/mol. The fourth-order valence-corrected chi connectivity index (χ4v) is 5.09. The lowest BCUT2D eigenvalue weighted by molar-refractivity contribution is -0.0237. The average Bonchev–Trinajstić information content (AvgIpc) is 3.21. The van der Waals surface area contributed by atoms with Gasteiger partial charge in [-0.3, -0.25) is 4.79 Å². The predicted molar refractivity (Wildman–Crippen MR) is 119 cm³/mol. The molecule has 4 atom stereocenters. The van der Waals surface area contributed by atoms with Crippen LogP contribution in [-0.4, -0.2) is 60.5 Å².